The Morgan fingerprint density at radius 1 is 0.500 bits per heavy atom. The Morgan fingerprint density at radius 2 is 1.09 bits per heavy atom. The van der Waals surface area contributed by atoms with E-state index >= 15 is 0 Å². The molecule has 160 valence electrons. The Balaban J connectivity index is 1.46. The zero-order chi connectivity index (χ0) is 22.6. The van der Waals surface area contributed by atoms with E-state index in [0.717, 1.165) is 0 Å². The fourth-order valence-electron chi connectivity index (χ4n) is 6.42. The summed E-state index contributed by atoms with van der Waals surface area (Å²) in [5.74, 6) is 0. The van der Waals surface area contributed by atoms with E-state index in [9.17, 15) is 0 Å². The van der Waals surface area contributed by atoms with Crippen molar-refractivity contribution in [2.75, 3.05) is 0 Å². The van der Waals surface area contributed by atoms with Gasteiger partial charge in [0, 0.05) is 27.2 Å². The van der Waals surface area contributed by atoms with Crippen molar-refractivity contribution in [3.8, 4) is 11.1 Å². The first-order valence-corrected chi connectivity index (χ1v) is 12.0. The third-order valence-corrected chi connectivity index (χ3v) is 8.08. The second kappa shape index (κ2) is 6.07. The summed E-state index contributed by atoms with van der Waals surface area (Å²) in [5.41, 5.74) is 7.96. The van der Waals surface area contributed by atoms with Crippen molar-refractivity contribution in [2.45, 2.75) is 19.3 Å². The lowest BCUT2D eigenvalue weighted by molar-refractivity contribution is 0.667. The van der Waals surface area contributed by atoms with Crippen LogP contribution in [-0.2, 0) is 5.41 Å². The second-order valence-electron chi connectivity index (χ2n) is 10.3. The third-order valence-electron chi connectivity index (χ3n) is 8.08. The van der Waals surface area contributed by atoms with E-state index in [0.29, 0.717) is 0 Å². The van der Waals surface area contributed by atoms with Gasteiger partial charge in [0.25, 0.3) is 0 Å². The van der Waals surface area contributed by atoms with Crippen LogP contribution in [0.15, 0.2) is 97.1 Å². The summed E-state index contributed by atoms with van der Waals surface area (Å²) in [6, 6.07) is 36.1. The molecule has 0 aliphatic heterocycles. The molecule has 0 amide bonds. The summed E-state index contributed by atoms with van der Waals surface area (Å²) in [7, 11) is 0. The van der Waals surface area contributed by atoms with Crippen LogP contribution >= 0.6 is 0 Å². The van der Waals surface area contributed by atoms with Crippen molar-refractivity contribution >= 4 is 54.1 Å². The van der Waals surface area contributed by atoms with Crippen LogP contribution in [0.3, 0.4) is 0 Å². The molecule has 1 aromatic heterocycles. The van der Waals surface area contributed by atoms with E-state index in [-0.39, 0.29) is 5.41 Å². The molecular formula is C33H23N. The molecular weight excluding hydrogens is 410 g/mol. The Kier molecular flexibility index (Phi) is 3.27. The molecule has 1 heteroatoms. The summed E-state index contributed by atoms with van der Waals surface area (Å²) in [5, 5.41) is 10.5. The average Bonchev–Trinajstić information content (AvgIpc) is 3.31. The minimum absolute atomic E-state index is 0.0682. The first-order chi connectivity index (χ1) is 16.6. The van der Waals surface area contributed by atoms with E-state index < -0.39 is 0 Å². The lowest BCUT2D eigenvalue weighted by Gasteiger charge is -2.23. The number of hydrogen-bond acceptors (Lipinski definition) is 0. The molecule has 34 heavy (non-hydrogen) atoms. The van der Waals surface area contributed by atoms with Crippen LogP contribution in [-0.4, -0.2) is 4.98 Å². The van der Waals surface area contributed by atoms with E-state index in [1.54, 1.807) is 0 Å². The highest BCUT2D eigenvalue weighted by Gasteiger charge is 2.37. The number of nitrogens with one attached hydrogen (secondary N) is 1. The number of H-pyrrole nitrogens is 1. The Bertz CT molecular complexity index is 1980. The van der Waals surface area contributed by atoms with Crippen LogP contribution in [0.4, 0.5) is 0 Å². The SMILES string of the molecule is CC1(C)c2cc3c(cc2-c2ccc4cc5ccccc5cc4c21)[nH]c1cc2ccccc2cc13. The van der Waals surface area contributed by atoms with Crippen molar-refractivity contribution < 1.29 is 0 Å². The highest BCUT2D eigenvalue weighted by atomic mass is 14.7. The maximum Gasteiger partial charge on any atom is 0.0471 e. The maximum atomic E-state index is 3.72. The fourth-order valence-corrected chi connectivity index (χ4v) is 6.42. The molecule has 1 N–H and O–H groups in total. The van der Waals surface area contributed by atoms with Gasteiger partial charge in [-0.3, -0.25) is 0 Å². The minimum atomic E-state index is -0.0682. The van der Waals surface area contributed by atoms with Crippen LogP contribution in [0.5, 0.6) is 0 Å². The fraction of sp³-hybridized carbons (Fsp3) is 0.0909. The number of fused-ring (bicyclic) bond motifs is 10. The lowest BCUT2D eigenvalue weighted by Crippen LogP contribution is -2.15. The van der Waals surface area contributed by atoms with Gasteiger partial charge in [-0.2, -0.15) is 0 Å². The first kappa shape index (κ1) is 18.3. The van der Waals surface area contributed by atoms with Crippen molar-refractivity contribution in [2.24, 2.45) is 0 Å². The molecule has 8 rings (SSSR count). The molecule has 7 aromatic rings. The summed E-state index contributed by atoms with van der Waals surface area (Å²) < 4.78 is 0. The number of aromatic nitrogens is 1. The van der Waals surface area contributed by atoms with Gasteiger partial charge >= 0.3 is 0 Å². The summed E-state index contributed by atoms with van der Waals surface area (Å²) in [4.78, 5) is 3.72. The summed E-state index contributed by atoms with van der Waals surface area (Å²) in [6.07, 6.45) is 0. The average molecular weight is 434 g/mol. The highest BCUT2D eigenvalue weighted by molar-refractivity contribution is 6.14. The van der Waals surface area contributed by atoms with Crippen LogP contribution in [0.2, 0.25) is 0 Å². The van der Waals surface area contributed by atoms with Crippen molar-refractivity contribution in [3.05, 3.63) is 108 Å². The molecule has 1 heterocycles. The molecule has 0 unspecified atom stereocenters. The number of hydrogen-bond donors (Lipinski definition) is 1. The topological polar surface area (TPSA) is 15.8 Å². The maximum absolute atomic E-state index is 3.72. The van der Waals surface area contributed by atoms with Crippen LogP contribution in [0.25, 0.3) is 65.3 Å². The van der Waals surface area contributed by atoms with Crippen molar-refractivity contribution in [3.63, 3.8) is 0 Å². The minimum Gasteiger partial charge on any atom is -0.354 e. The van der Waals surface area contributed by atoms with Gasteiger partial charge in [0.2, 0.25) is 0 Å². The largest absolute Gasteiger partial charge is 0.354 e. The molecule has 0 radical (unpaired) electrons. The zero-order valence-electron chi connectivity index (χ0n) is 19.2. The van der Waals surface area contributed by atoms with Crippen molar-refractivity contribution in [1.29, 1.82) is 0 Å². The van der Waals surface area contributed by atoms with E-state index in [2.05, 4.69) is 116 Å². The Morgan fingerprint density at radius 3 is 1.82 bits per heavy atom. The van der Waals surface area contributed by atoms with Gasteiger partial charge < -0.3 is 4.98 Å². The van der Waals surface area contributed by atoms with E-state index in [1.807, 2.05) is 0 Å². The molecule has 0 saturated carbocycles. The van der Waals surface area contributed by atoms with Gasteiger partial charge in [-0.15, -0.1) is 0 Å². The number of rotatable bonds is 0. The van der Waals surface area contributed by atoms with Gasteiger partial charge in [0.15, 0.2) is 0 Å². The van der Waals surface area contributed by atoms with Gasteiger partial charge in [-0.1, -0.05) is 74.5 Å². The van der Waals surface area contributed by atoms with Crippen LogP contribution in [0, 0.1) is 0 Å². The van der Waals surface area contributed by atoms with Gasteiger partial charge in [-0.25, -0.2) is 0 Å². The first-order valence-electron chi connectivity index (χ1n) is 12.0. The number of aromatic amines is 1. The molecule has 6 aromatic carbocycles. The van der Waals surface area contributed by atoms with E-state index in [1.165, 1.54) is 76.4 Å². The predicted molar refractivity (Wildman–Crippen MR) is 146 cm³/mol. The smallest absolute Gasteiger partial charge is 0.0471 e. The molecule has 0 saturated heterocycles. The zero-order valence-corrected chi connectivity index (χ0v) is 19.2. The Hall–Kier alpha value is -4.10. The number of benzene rings is 6. The molecule has 0 spiro atoms. The molecule has 0 fully saturated rings. The van der Waals surface area contributed by atoms with Crippen LogP contribution < -0.4 is 0 Å². The van der Waals surface area contributed by atoms with Crippen LogP contribution in [0.1, 0.15) is 25.0 Å². The Labute approximate surface area is 197 Å². The van der Waals surface area contributed by atoms with Gasteiger partial charge in [0.1, 0.15) is 0 Å². The van der Waals surface area contributed by atoms with Gasteiger partial charge in [-0.05, 0) is 91.0 Å². The normalized spacial score (nSPS) is 14.4. The molecule has 0 bridgehead atoms. The van der Waals surface area contributed by atoms with Gasteiger partial charge in [0.05, 0.1) is 0 Å². The molecule has 0 atom stereocenters. The quantitative estimate of drug-likeness (QED) is 0.230. The predicted octanol–water partition coefficient (Wildman–Crippen LogP) is 9.09. The second-order valence-corrected chi connectivity index (χ2v) is 10.3. The molecule has 1 nitrogen and oxygen atoms in total. The molecule has 1 aliphatic rings. The van der Waals surface area contributed by atoms with Crippen molar-refractivity contribution in [1.82, 2.24) is 4.98 Å². The summed E-state index contributed by atoms with van der Waals surface area (Å²) >= 11 is 0. The molecule has 1 aliphatic carbocycles. The standard InChI is InChI=1S/C33H23N/c1-33(2)29-17-28-27-15-21-9-5-6-10-22(21)16-30(27)34-31(28)18-26(29)24-12-11-23-13-19-7-3-4-8-20(19)14-25(23)32(24)33/h3-18,34H,1-2H3. The van der Waals surface area contributed by atoms with E-state index in [4.69, 9.17) is 0 Å². The highest BCUT2D eigenvalue weighted by Crippen LogP contribution is 2.53. The third kappa shape index (κ3) is 2.24. The lowest BCUT2D eigenvalue weighted by atomic mass is 9.79. The summed E-state index contributed by atoms with van der Waals surface area (Å²) in [6.45, 7) is 4.78. The monoisotopic (exact) mass is 433 g/mol.